The van der Waals surface area contributed by atoms with Crippen LogP contribution >= 0.6 is 0 Å². The molecule has 0 bridgehead atoms. The summed E-state index contributed by atoms with van der Waals surface area (Å²) in [5.41, 5.74) is 4.51. The van der Waals surface area contributed by atoms with Gasteiger partial charge in [0, 0.05) is 11.6 Å². The molecule has 1 heterocycles. The van der Waals surface area contributed by atoms with Gasteiger partial charge in [0.2, 0.25) is 10.0 Å². The number of aryl methyl sites for hydroxylation is 1. The minimum atomic E-state index is -3.69. The van der Waals surface area contributed by atoms with Crippen molar-refractivity contribution in [3.63, 3.8) is 0 Å². The van der Waals surface area contributed by atoms with Crippen molar-refractivity contribution in [1.82, 2.24) is 0 Å². The Morgan fingerprint density at radius 3 is 2.58 bits per heavy atom. The molecule has 3 N–H and O–H groups in total. The van der Waals surface area contributed by atoms with Crippen LogP contribution in [0.25, 0.3) is 0 Å². The van der Waals surface area contributed by atoms with Gasteiger partial charge in [0.25, 0.3) is 0 Å². The third-order valence-electron chi connectivity index (χ3n) is 5.10. The topological polar surface area (TPSA) is 72.2 Å². The van der Waals surface area contributed by atoms with Gasteiger partial charge in [-0.05, 0) is 48.6 Å². The Hall–Kier alpha value is -2.11. The van der Waals surface area contributed by atoms with Crippen LogP contribution in [0.5, 0.6) is 0 Å². The average Bonchev–Trinajstić information content (AvgIpc) is 3.03. The molecular formula is C19H20N2O2S. The van der Waals surface area contributed by atoms with Crippen LogP contribution in [0.4, 0.5) is 5.69 Å². The molecule has 5 heteroatoms. The van der Waals surface area contributed by atoms with Gasteiger partial charge in [-0.3, -0.25) is 0 Å². The van der Waals surface area contributed by atoms with Gasteiger partial charge in [-0.2, -0.15) is 0 Å². The molecule has 1 aliphatic carbocycles. The maximum atomic E-state index is 11.7. The third kappa shape index (κ3) is 2.54. The molecule has 1 aliphatic heterocycles. The van der Waals surface area contributed by atoms with Crippen LogP contribution in [0.2, 0.25) is 0 Å². The summed E-state index contributed by atoms with van der Waals surface area (Å²) in [6.45, 7) is 2.09. The van der Waals surface area contributed by atoms with Crippen LogP contribution in [0.3, 0.4) is 0 Å². The number of nitrogens with one attached hydrogen (secondary N) is 1. The normalized spacial score (nSPS) is 25.0. The molecule has 0 spiro atoms. The predicted molar refractivity (Wildman–Crippen MR) is 95.3 cm³/mol. The van der Waals surface area contributed by atoms with Crippen LogP contribution in [0, 0.1) is 12.8 Å². The number of rotatable bonds is 2. The van der Waals surface area contributed by atoms with Gasteiger partial charge in [-0.25, -0.2) is 13.6 Å². The first kappa shape index (κ1) is 15.4. The molecule has 124 valence electrons. The summed E-state index contributed by atoms with van der Waals surface area (Å²) in [5, 5.41) is 8.90. The Kier molecular flexibility index (Phi) is 3.51. The zero-order chi connectivity index (χ0) is 16.9. The van der Waals surface area contributed by atoms with E-state index in [1.165, 1.54) is 11.1 Å². The molecular weight excluding hydrogens is 320 g/mol. The Morgan fingerprint density at radius 2 is 1.88 bits per heavy atom. The van der Waals surface area contributed by atoms with E-state index in [9.17, 15) is 8.42 Å². The maximum Gasteiger partial charge on any atom is 0.238 e. The van der Waals surface area contributed by atoms with Crippen molar-refractivity contribution in [1.29, 1.82) is 0 Å². The van der Waals surface area contributed by atoms with E-state index in [0.717, 1.165) is 17.7 Å². The molecule has 0 radical (unpaired) electrons. The van der Waals surface area contributed by atoms with E-state index in [0.29, 0.717) is 5.92 Å². The smallest absolute Gasteiger partial charge is 0.238 e. The molecule has 0 fully saturated rings. The van der Waals surface area contributed by atoms with E-state index in [2.05, 4.69) is 48.7 Å². The van der Waals surface area contributed by atoms with Crippen LogP contribution in [-0.4, -0.2) is 8.42 Å². The molecule has 4 rings (SSSR count). The highest BCUT2D eigenvalue weighted by molar-refractivity contribution is 7.89. The Balaban J connectivity index is 1.79. The van der Waals surface area contributed by atoms with Gasteiger partial charge in [0.05, 0.1) is 10.9 Å². The second-order valence-electron chi connectivity index (χ2n) is 6.68. The summed E-state index contributed by atoms with van der Waals surface area (Å²) in [6, 6.07) is 14.0. The molecule has 3 atom stereocenters. The van der Waals surface area contributed by atoms with E-state index in [-0.39, 0.29) is 16.9 Å². The molecule has 3 unspecified atom stereocenters. The first-order chi connectivity index (χ1) is 11.4. The minimum Gasteiger partial charge on any atom is -0.378 e. The van der Waals surface area contributed by atoms with Gasteiger partial charge in [-0.15, -0.1) is 0 Å². The summed E-state index contributed by atoms with van der Waals surface area (Å²) in [5.74, 6) is 0.602. The number of primary sulfonamides is 1. The zero-order valence-corrected chi connectivity index (χ0v) is 14.3. The van der Waals surface area contributed by atoms with Crippen LogP contribution in [-0.2, 0) is 10.0 Å². The number of fused-ring (bicyclic) bond motifs is 3. The van der Waals surface area contributed by atoms with Gasteiger partial charge >= 0.3 is 0 Å². The Bertz CT molecular complexity index is 917. The number of benzene rings is 2. The first-order valence-electron chi connectivity index (χ1n) is 8.10. The number of allylic oxidation sites excluding steroid dienone is 2. The SMILES string of the molecule is Cc1ccc(C2Nc3ccc(S(N)(=O)=O)cc3C3C=CCC32)cc1. The van der Waals surface area contributed by atoms with Gasteiger partial charge < -0.3 is 5.32 Å². The summed E-state index contributed by atoms with van der Waals surface area (Å²) in [6.07, 6.45) is 5.37. The van der Waals surface area contributed by atoms with Gasteiger partial charge in [0.15, 0.2) is 0 Å². The molecule has 2 aromatic rings. The fraction of sp³-hybridized carbons (Fsp3) is 0.263. The van der Waals surface area contributed by atoms with Crippen molar-refractivity contribution >= 4 is 15.7 Å². The molecule has 0 amide bonds. The summed E-state index contributed by atoms with van der Waals surface area (Å²) in [4.78, 5) is 0.177. The molecule has 0 saturated heterocycles. The van der Waals surface area contributed by atoms with Crippen LogP contribution < -0.4 is 10.5 Å². The lowest BCUT2D eigenvalue weighted by molar-refractivity contribution is 0.425. The second-order valence-corrected chi connectivity index (χ2v) is 8.24. The summed E-state index contributed by atoms with van der Waals surface area (Å²) >= 11 is 0. The molecule has 24 heavy (non-hydrogen) atoms. The molecule has 2 aliphatic rings. The monoisotopic (exact) mass is 340 g/mol. The fourth-order valence-corrected chi connectivity index (χ4v) is 4.40. The van der Waals surface area contributed by atoms with Gasteiger partial charge in [-0.1, -0.05) is 42.0 Å². The lowest BCUT2D eigenvalue weighted by Gasteiger charge is -2.37. The highest BCUT2D eigenvalue weighted by atomic mass is 32.2. The van der Waals surface area contributed by atoms with Crippen LogP contribution in [0.15, 0.2) is 59.5 Å². The number of nitrogens with two attached hydrogens (primary N) is 1. The van der Waals surface area contributed by atoms with Crippen molar-refractivity contribution in [2.75, 3.05) is 5.32 Å². The molecule has 0 aromatic heterocycles. The Labute approximate surface area is 142 Å². The van der Waals surface area contributed by atoms with Crippen molar-refractivity contribution in [2.45, 2.75) is 30.2 Å². The van der Waals surface area contributed by atoms with Crippen LogP contribution in [0.1, 0.15) is 35.1 Å². The van der Waals surface area contributed by atoms with Crippen molar-refractivity contribution < 1.29 is 8.42 Å². The maximum absolute atomic E-state index is 11.7. The predicted octanol–water partition coefficient (Wildman–Crippen LogP) is 3.47. The van der Waals surface area contributed by atoms with E-state index < -0.39 is 10.0 Å². The van der Waals surface area contributed by atoms with Gasteiger partial charge in [0.1, 0.15) is 0 Å². The van der Waals surface area contributed by atoms with E-state index in [4.69, 9.17) is 5.14 Å². The van der Waals surface area contributed by atoms with Crippen molar-refractivity contribution in [2.24, 2.45) is 11.1 Å². The average molecular weight is 340 g/mol. The largest absolute Gasteiger partial charge is 0.378 e. The first-order valence-corrected chi connectivity index (χ1v) is 9.64. The number of hydrogen-bond acceptors (Lipinski definition) is 3. The van der Waals surface area contributed by atoms with E-state index in [1.807, 2.05) is 6.07 Å². The Morgan fingerprint density at radius 1 is 1.12 bits per heavy atom. The highest BCUT2D eigenvalue weighted by Crippen LogP contribution is 2.50. The summed E-state index contributed by atoms with van der Waals surface area (Å²) < 4.78 is 23.3. The highest BCUT2D eigenvalue weighted by Gasteiger charge is 2.38. The molecule has 0 saturated carbocycles. The minimum absolute atomic E-state index is 0.177. The third-order valence-corrected chi connectivity index (χ3v) is 6.01. The lowest BCUT2D eigenvalue weighted by atomic mass is 9.77. The number of sulfonamides is 1. The quantitative estimate of drug-likeness (QED) is 0.822. The number of hydrogen-bond donors (Lipinski definition) is 2. The standard InChI is InChI=1S/C19H20N2O2S/c1-12-5-7-13(8-6-12)19-16-4-2-3-15(16)17-11-14(24(20,22)23)9-10-18(17)21-19/h2-3,5-11,15-16,19,21H,4H2,1H3,(H2,20,22,23). The number of anilines is 1. The molecule has 4 nitrogen and oxygen atoms in total. The van der Waals surface area contributed by atoms with Crippen molar-refractivity contribution in [3.05, 3.63) is 71.3 Å². The van der Waals surface area contributed by atoms with E-state index >= 15 is 0 Å². The van der Waals surface area contributed by atoms with E-state index in [1.54, 1.807) is 12.1 Å². The zero-order valence-electron chi connectivity index (χ0n) is 13.4. The van der Waals surface area contributed by atoms with Crippen molar-refractivity contribution in [3.8, 4) is 0 Å². The lowest BCUT2D eigenvalue weighted by Crippen LogP contribution is -2.29. The second kappa shape index (κ2) is 5.46. The fourth-order valence-electron chi connectivity index (χ4n) is 3.85. The summed E-state index contributed by atoms with van der Waals surface area (Å²) in [7, 11) is -3.69. The molecule has 2 aromatic carbocycles.